The zero-order chi connectivity index (χ0) is 19.9. The maximum atomic E-state index is 2.95. The van der Waals surface area contributed by atoms with Gasteiger partial charge in [0.15, 0.2) is 0 Å². The molecule has 2 fully saturated rings. The number of hydrogen-bond acceptors (Lipinski definition) is 2. The Bertz CT molecular complexity index is 355. The summed E-state index contributed by atoms with van der Waals surface area (Å²) in [5, 5.41) is 5.90. The molecule has 1 aliphatic carbocycles. The third kappa shape index (κ3) is 11.0. The van der Waals surface area contributed by atoms with Crippen LogP contribution in [0.15, 0.2) is 0 Å². The number of halogens is 1. The van der Waals surface area contributed by atoms with Crippen molar-refractivity contribution in [3.8, 4) is 0 Å². The minimum Gasteiger partial charge on any atom is -0.238 e. The molecule has 0 radical (unpaired) electrons. The Hall–Kier alpha value is 0.400. The fourth-order valence-electron chi connectivity index (χ4n) is 5.55. The van der Waals surface area contributed by atoms with Crippen molar-refractivity contribution < 1.29 is 0 Å². The largest absolute Gasteiger partial charge is 0.238 e. The fraction of sp³-hybridized carbons (Fsp3) is 1.00. The molecular weight excluding hydrogens is 420 g/mol. The van der Waals surface area contributed by atoms with Crippen molar-refractivity contribution in [3.63, 3.8) is 0 Å². The minimum absolute atomic E-state index is 0. The normalized spacial score (nSPS) is 23.6. The van der Waals surface area contributed by atoms with Crippen LogP contribution >= 0.6 is 17.0 Å². The van der Waals surface area contributed by atoms with Crippen molar-refractivity contribution in [2.24, 2.45) is 0 Å². The predicted octanol–water partition coefficient (Wildman–Crippen LogP) is 8.69. The molecule has 0 amide bonds. The van der Waals surface area contributed by atoms with Gasteiger partial charge in [-0.1, -0.05) is 104 Å². The number of unbranched alkanes of at least 4 members (excludes halogenated alkanes) is 6. The van der Waals surface area contributed by atoms with Crippen LogP contribution in [0.5, 0.6) is 0 Å². The van der Waals surface area contributed by atoms with Gasteiger partial charge < -0.3 is 0 Å². The van der Waals surface area contributed by atoms with E-state index in [4.69, 9.17) is 0 Å². The first-order chi connectivity index (χ1) is 13.9. The summed E-state index contributed by atoms with van der Waals surface area (Å²) in [5.41, 5.74) is 0. The van der Waals surface area contributed by atoms with Crippen LogP contribution in [0, 0.1) is 0 Å². The molecule has 0 N–H and O–H groups in total. The van der Waals surface area contributed by atoms with E-state index in [1.54, 1.807) is 0 Å². The molecular formula is C26H53BrN2. The van der Waals surface area contributed by atoms with Gasteiger partial charge in [-0.25, -0.2) is 10.0 Å². The first kappa shape index (κ1) is 27.4. The van der Waals surface area contributed by atoms with Gasteiger partial charge in [0.05, 0.1) is 0 Å². The third-order valence-electron chi connectivity index (χ3n) is 7.30. The molecule has 1 saturated carbocycles. The van der Waals surface area contributed by atoms with Gasteiger partial charge in [-0.3, -0.25) is 0 Å². The minimum atomic E-state index is 0. The van der Waals surface area contributed by atoms with Gasteiger partial charge in [-0.2, -0.15) is 0 Å². The molecule has 2 nitrogen and oxygen atoms in total. The molecule has 0 aromatic carbocycles. The molecule has 1 heterocycles. The lowest BCUT2D eigenvalue weighted by molar-refractivity contribution is -0.109. The summed E-state index contributed by atoms with van der Waals surface area (Å²) >= 11 is 0. The summed E-state index contributed by atoms with van der Waals surface area (Å²) in [4.78, 5) is 0. The van der Waals surface area contributed by atoms with Gasteiger partial charge in [-0.05, 0) is 38.5 Å². The van der Waals surface area contributed by atoms with Gasteiger partial charge in [0, 0.05) is 25.2 Å². The molecule has 0 aromatic rings. The van der Waals surface area contributed by atoms with Crippen LogP contribution < -0.4 is 0 Å². The van der Waals surface area contributed by atoms with Crippen molar-refractivity contribution in [2.75, 3.05) is 13.1 Å². The number of rotatable bonds is 11. The highest BCUT2D eigenvalue weighted by atomic mass is 79.9. The average Bonchev–Trinajstić information content (AvgIpc) is 2.66. The second-order valence-corrected chi connectivity index (χ2v) is 9.74. The Morgan fingerprint density at radius 1 is 0.621 bits per heavy atom. The topological polar surface area (TPSA) is 6.48 Å². The Kier molecular flexibility index (Phi) is 17.0. The zero-order valence-electron chi connectivity index (χ0n) is 20.0. The van der Waals surface area contributed by atoms with E-state index < -0.39 is 0 Å². The third-order valence-corrected chi connectivity index (χ3v) is 7.30. The van der Waals surface area contributed by atoms with E-state index >= 15 is 0 Å². The van der Waals surface area contributed by atoms with Crippen LogP contribution in [0.1, 0.15) is 142 Å². The molecule has 1 saturated heterocycles. The van der Waals surface area contributed by atoms with Crippen molar-refractivity contribution >= 4 is 17.0 Å². The molecule has 1 aliphatic heterocycles. The van der Waals surface area contributed by atoms with Crippen molar-refractivity contribution in [3.05, 3.63) is 0 Å². The first-order valence-electron chi connectivity index (χ1n) is 13.4. The number of hydrazine groups is 1. The lowest BCUT2D eigenvalue weighted by Crippen LogP contribution is -2.55. The summed E-state index contributed by atoms with van der Waals surface area (Å²) in [7, 11) is 0. The quantitative estimate of drug-likeness (QED) is 0.277. The highest BCUT2D eigenvalue weighted by molar-refractivity contribution is 8.93. The Morgan fingerprint density at radius 3 is 1.90 bits per heavy atom. The molecule has 0 spiro atoms. The molecule has 0 aromatic heterocycles. The van der Waals surface area contributed by atoms with Crippen LogP contribution in [0.3, 0.4) is 0 Å². The average molecular weight is 474 g/mol. The van der Waals surface area contributed by atoms with Crippen LogP contribution in [-0.4, -0.2) is 35.2 Å². The molecule has 174 valence electrons. The van der Waals surface area contributed by atoms with Crippen LogP contribution in [0.2, 0.25) is 0 Å². The van der Waals surface area contributed by atoms with E-state index in [2.05, 4.69) is 23.9 Å². The molecule has 1 unspecified atom stereocenters. The zero-order valence-corrected chi connectivity index (χ0v) is 21.7. The Morgan fingerprint density at radius 2 is 1.21 bits per heavy atom. The summed E-state index contributed by atoms with van der Waals surface area (Å²) in [6.07, 6.45) is 28.8. The molecule has 1 atom stereocenters. The molecule has 2 rings (SSSR count). The van der Waals surface area contributed by atoms with Gasteiger partial charge in [0.1, 0.15) is 0 Å². The first-order valence-corrected chi connectivity index (χ1v) is 13.4. The van der Waals surface area contributed by atoms with Gasteiger partial charge >= 0.3 is 0 Å². The highest BCUT2D eigenvalue weighted by Crippen LogP contribution is 2.29. The van der Waals surface area contributed by atoms with E-state index in [-0.39, 0.29) is 17.0 Å². The lowest BCUT2D eigenvalue weighted by atomic mass is 9.94. The smallest absolute Gasteiger partial charge is 0.0246 e. The van der Waals surface area contributed by atoms with E-state index in [1.165, 1.54) is 142 Å². The van der Waals surface area contributed by atoms with Crippen molar-refractivity contribution in [2.45, 2.75) is 154 Å². The van der Waals surface area contributed by atoms with Gasteiger partial charge in [0.25, 0.3) is 0 Å². The highest BCUT2D eigenvalue weighted by Gasteiger charge is 2.30. The maximum absolute atomic E-state index is 2.95. The molecule has 0 bridgehead atoms. The number of hydrogen-bond donors (Lipinski definition) is 0. The second-order valence-electron chi connectivity index (χ2n) is 9.74. The standard InChI is InChI=1S/C26H52N2.BrH/c1-3-5-7-13-19-25-22-16-12-18-24-28(27(25)23-17-8-6-4-2)26-20-14-10-9-11-15-21-26;/h25-26H,3-24H2,1-2H3;1H. The van der Waals surface area contributed by atoms with Crippen molar-refractivity contribution in [1.82, 2.24) is 10.0 Å². The van der Waals surface area contributed by atoms with E-state index in [9.17, 15) is 0 Å². The Labute approximate surface area is 194 Å². The molecule has 2 aliphatic rings. The van der Waals surface area contributed by atoms with E-state index in [1.807, 2.05) is 0 Å². The van der Waals surface area contributed by atoms with Crippen LogP contribution in [0.25, 0.3) is 0 Å². The van der Waals surface area contributed by atoms with Gasteiger partial charge in [-0.15, -0.1) is 17.0 Å². The monoisotopic (exact) mass is 472 g/mol. The number of nitrogens with zero attached hydrogens (tertiary/aromatic N) is 2. The summed E-state index contributed by atoms with van der Waals surface area (Å²) in [6, 6.07) is 1.66. The summed E-state index contributed by atoms with van der Waals surface area (Å²) < 4.78 is 0. The van der Waals surface area contributed by atoms with E-state index in [0.29, 0.717) is 0 Å². The molecule has 3 heteroatoms. The lowest BCUT2D eigenvalue weighted by Gasteiger charge is -2.47. The fourth-order valence-corrected chi connectivity index (χ4v) is 5.55. The summed E-state index contributed by atoms with van der Waals surface area (Å²) in [5.74, 6) is 0. The SMILES string of the molecule is Br.CCCCCCC1CCCCCN(C2CCCCCCC2)N1CCCCCC. The summed E-state index contributed by atoms with van der Waals surface area (Å²) in [6.45, 7) is 7.35. The predicted molar refractivity (Wildman–Crippen MR) is 135 cm³/mol. The maximum Gasteiger partial charge on any atom is 0.0246 e. The van der Waals surface area contributed by atoms with Crippen molar-refractivity contribution in [1.29, 1.82) is 0 Å². The van der Waals surface area contributed by atoms with Crippen LogP contribution in [0.4, 0.5) is 0 Å². The van der Waals surface area contributed by atoms with Crippen LogP contribution in [-0.2, 0) is 0 Å². The van der Waals surface area contributed by atoms with Gasteiger partial charge in [0.2, 0.25) is 0 Å². The second kappa shape index (κ2) is 18.0. The van der Waals surface area contributed by atoms with E-state index in [0.717, 1.165) is 12.1 Å². The molecule has 29 heavy (non-hydrogen) atoms. The Balaban J connectivity index is 0.00000420.